The maximum absolute atomic E-state index is 11.8. The largest absolute Gasteiger partial charge is 0.392 e. The highest BCUT2D eigenvalue weighted by molar-refractivity contribution is 5.79. The minimum atomic E-state index is -0.494. The van der Waals surface area contributed by atoms with Gasteiger partial charge in [0.2, 0.25) is 5.91 Å². The van der Waals surface area contributed by atoms with Crippen molar-refractivity contribution in [3.8, 4) is 6.07 Å². The molecule has 0 bridgehead atoms. The number of benzene rings is 1. The van der Waals surface area contributed by atoms with Crippen molar-refractivity contribution in [3.05, 3.63) is 35.4 Å². The average Bonchev–Trinajstić information content (AvgIpc) is 2.83. The second kappa shape index (κ2) is 5.65. The van der Waals surface area contributed by atoms with Gasteiger partial charge in [-0.3, -0.25) is 4.79 Å². The van der Waals surface area contributed by atoms with Crippen molar-refractivity contribution < 1.29 is 9.90 Å². The number of nitriles is 1. The van der Waals surface area contributed by atoms with Gasteiger partial charge in [0.15, 0.2) is 0 Å². The van der Waals surface area contributed by atoms with E-state index in [2.05, 4.69) is 5.32 Å². The molecule has 2 atom stereocenters. The third-order valence-electron chi connectivity index (χ3n) is 3.37. The highest BCUT2D eigenvalue weighted by Crippen LogP contribution is 2.25. The van der Waals surface area contributed by atoms with Crippen molar-refractivity contribution in [2.45, 2.75) is 31.9 Å². The number of hydrogen-bond donors (Lipinski definition) is 2. The summed E-state index contributed by atoms with van der Waals surface area (Å²) in [5.74, 6) is -0.340. The van der Waals surface area contributed by atoms with Crippen molar-refractivity contribution in [2.75, 3.05) is 0 Å². The van der Waals surface area contributed by atoms with Crippen LogP contribution < -0.4 is 5.32 Å². The molecule has 1 fully saturated rings. The zero-order valence-electron chi connectivity index (χ0n) is 10.1. The number of carbonyl (C=O) groups excluding carboxylic acids is 1. The molecule has 1 aromatic rings. The monoisotopic (exact) mass is 244 g/mol. The molecule has 0 radical (unpaired) electrons. The van der Waals surface area contributed by atoms with Crippen LogP contribution in [0.4, 0.5) is 0 Å². The molecule has 94 valence electrons. The van der Waals surface area contributed by atoms with Gasteiger partial charge in [-0.05, 0) is 37.0 Å². The van der Waals surface area contributed by atoms with Crippen LogP contribution in [0, 0.1) is 17.2 Å². The lowest BCUT2D eigenvalue weighted by atomic mass is 10.1. The van der Waals surface area contributed by atoms with Crippen LogP contribution in [0.3, 0.4) is 0 Å². The first kappa shape index (κ1) is 12.6. The Morgan fingerprint density at radius 2 is 2.11 bits per heavy atom. The molecule has 1 amide bonds. The number of nitrogens with one attached hydrogen (secondary N) is 1. The normalized spacial score (nSPS) is 22.4. The van der Waals surface area contributed by atoms with Crippen LogP contribution in [0.2, 0.25) is 0 Å². The molecule has 2 rings (SSSR count). The van der Waals surface area contributed by atoms with E-state index in [-0.39, 0.29) is 11.8 Å². The average molecular weight is 244 g/mol. The molecule has 1 aliphatic rings. The third-order valence-corrected chi connectivity index (χ3v) is 3.37. The molecule has 0 aliphatic heterocycles. The molecule has 1 aromatic carbocycles. The number of carbonyl (C=O) groups is 1. The van der Waals surface area contributed by atoms with Gasteiger partial charge < -0.3 is 10.4 Å². The summed E-state index contributed by atoms with van der Waals surface area (Å²) in [6.45, 7) is 0.438. The van der Waals surface area contributed by atoms with E-state index < -0.39 is 6.10 Å². The summed E-state index contributed by atoms with van der Waals surface area (Å²) < 4.78 is 0. The number of aliphatic hydroxyl groups is 1. The summed E-state index contributed by atoms with van der Waals surface area (Å²) in [7, 11) is 0. The highest BCUT2D eigenvalue weighted by atomic mass is 16.3. The zero-order chi connectivity index (χ0) is 13.0. The van der Waals surface area contributed by atoms with E-state index in [0.29, 0.717) is 12.1 Å². The van der Waals surface area contributed by atoms with E-state index in [0.717, 1.165) is 24.8 Å². The lowest BCUT2D eigenvalue weighted by Crippen LogP contribution is -2.34. The standard InChI is InChI=1S/C14H16N2O2/c15-8-10-4-6-11(7-5-10)9-16-14(18)12-2-1-3-13(12)17/h4-7,12-13,17H,1-3,9H2,(H,16,18). The van der Waals surface area contributed by atoms with Crippen LogP contribution in [-0.2, 0) is 11.3 Å². The second-order valence-electron chi connectivity index (χ2n) is 4.63. The summed E-state index contributed by atoms with van der Waals surface area (Å²) in [4.78, 5) is 11.8. The van der Waals surface area contributed by atoms with Crippen molar-refractivity contribution in [2.24, 2.45) is 5.92 Å². The van der Waals surface area contributed by atoms with E-state index in [4.69, 9.17) is 5.26 Å². The number of rotatable bonds is 3. The summed E-state index contributed by atoms with van der Waals surface area (Å²) in [6, 6.07) is 9.15. The number of hydrogen-bond acceptors (Lipinski definition) is 3. The fourth-order valence-electron chi connectivity index (χ4n) is 2.26. The topological polar surface area (TPSA) is 73.1 Å². The van der Waals surface area contributed by atoms with Crippen LogP contribution >= 0.6 is 0 Å². The smallest absolute Gasteiger partial charge is 0.225 e. The Balaban J connectivity index is 1.87. The predicted molar refractivity (Wildman–Crippen MR) is 66.4 cm³/mol. The molecule has 4 nitrogen and oxygen atoms in total. The Kier molecular flexibility index (Phi) is 3.96. The van der Waals surface area contributed by atoms with Gasteiger partial charge >= 0.3 is 0 Å². The van der Waals surface area contributed by atoms with Crippen LogP contribution in [0.25, 0.3) is 0 Å². The Bertz CT molecular complexity index is 462. The van der Waals surface area contributed by atoms with Crippen molar-refractivity contribution >= 4 is 5.91 Å². The van der Waals surface area contributed by atoms with Gasteiger partial charge in [-0.15, -0.1) is 0 Å². The van der Waals surface area contributed by atoms with Gasteiger partial charge in [0.05, 0.1) is 23.7 Å². The Hall–Kier alpha value is -1.86. The molecule has 0 spiro atoms. The number of aliphatic hydroxyl groups excluding tert-OH is 1. The van der Waals surface area contributed by atoms with Crippen molar-refractivity contribution in [1.29, 1.82) is 5.26 Å². The van der Waals surface area contributed by atoms with E-state index in [9.17, 15) is 9.90 Å². The molecular formula is C14H16N2O2. The number of nitrogens with zero attached hydrogens (tertiary/aromatic N) is 1. The maximum Gasteiger partial charge on any atom is 0.225 e. The fraction of sp³-hybridized carbons (Fsp3) is 0.429. The van der Waals surface area contributed by atoms with Crippen molar-refractivity contribution in [1.82, 2.24) is 5.32 Å². The summed E-state index contributed by atoms with van der Waals surface area (Å²) >= 11 is 0. The quantitative estimate of drug-likeness (QED) is 0.842. The lowest BCUT2D eigenvalue weighted by Gasteiger charge is -2.14. The van der Waals surface area contributed by atoms with Crippen LogP contribution in [0.1, 0.15) is 30.4 Å². The van der Waals surface area contributed by atoms with E-state index in [1.807, 2.05) is 18.2 Å². The summed E-state index contributed by atoms with van der Waals surface area (Å²) in [5.41, 5.74) is 1.56. The molecule has 2 N–H and O–H groups in total. The Morgan fingerprint density at radius 1 is 1.39 bits per heavy atom. The first-order valence-electron chi connectivity index (χ1n) is 6.15. The van der Waals surface area contributed by atoms with Gasteiger partial charge in [0.25, 0.3) is 0 Å². The van der Waals surface area contributed by atoms with Gasteiger partial charge in [-0.1, -0.05) is 12.1 Å². The molecule has 0 heterocycles. The Labute approximate surface area is 106 Å². The predicted octanol–water partition coefficient (Wildman–Crippen LogP) is 1.34. The molecular weight excluding hydrogens is 228 g/mol. The van der Waals surface area contributed by atoms with Crippen LogP contribution in [0.15, 0.2) is 24.3 Å². The lowest BCUT2D eigenvalue weighted by molar-refractivity contribution is -0.127. The third kappa shape index (κ3) is 2.88. The minimum absolute atomic E-state index is 0.0793. The van der Waals surface area contributed by atoms with Crippen LogP contribution in [-0.4, -0.2) is 17.1 Å². The first-order valence-corrected chi connectivity index (χ1v) is 6.15. The van der Waals surface area contributed by atoms with Gasteiger partial charge in [-0.2, -0.15) is 5.26 Å². The van der Waals surface area contributed by atoms with Crippen LogP contribution in [0.5, 0.6) is 0 Å². The summed E-state index contributed by atoms with van der Waals surface area (Å²) in [5, 5.41) is 21.1. The summed E-state index contributed by atoms with van der Waals surface area (Å²) in [6.07, 6.45) is 1.90. The first-order chi connectivity index (χ1) is 8.70. The molecule has 1 aliphatic carbocycles. The Morgan fingerprint density at radius 3 is 2.67 bits per heavy atom. The molecule has 0 aromatic heterocycles. The SMILES string of the molecule is N#Cc1ccc(CNC(=O)C2CCCC2O)cc1. The molecule has 18 heavy (non-hydrogen) atoms. The minimum Gasteiger partial charge on any atom is -0.392 e. The number of amides is 1. The van der Waals surface area contributed by atoms with Crippen molar-refractivity contribution in [3.63, 3.8) is 0 Å². The highest BCUT2D eigenvalue weighted by Gasteiger charge is 2.30. The molecule has 1 saturated carbocycles. The van der Waals surface area contributed by atoms with Gasteiger partial charge in [-0.25, -0.2) is 0 Å². The maximum atomic E-state index is 11.8. The second-order valence-corrected chi connectivity index (χ2v) is 4.63. The van der Waals surface area contributed by atoms with Gasteiger partial charge in [0.1, 0.15) is 0 Å². The van der Waals surface area contributed by atoms with E-state index in [1.54, 1.807) is 12.1 Å². The van der Waals surface area contributed by atoms with E-state index >= 15 is 0 Å². The van der Waals surface area contributed by atoms with Gasteiger partial charge in [0, 0.05) is 6.54 Å². The zero-order valence-corrected chi connectivity index (χ0v) is 10.1. The molecule has 0 saturated heterocycles. The fourth-order valence-corrected chi connectivity index (χ4v) is 2.26. The van der Waals surface area contributed by atoms with E-state index in [1.165, 1.54) is 0 Å². The molecule has 2 unspecified atom stereocenters. The molecule has 4 heteroatoms.